The number of amides is 1. The zero-order chi connectivity index (χ0) is 25.3. The van der Waals surface area contributed by atoms with Crippen molar-refractivity contribution in [1.29, 1.82) is 0 Å². The molecule has 6 heteroatoms. The van der Waals surface area contributed by atoms with Crippen molar-refractivity contribution in [2.45, 2.75) is 39.8 Å². The number of ketones is 1. The van der Waals surface area contributed by atoms with Crippen molar-refractivity contribution in [2.24, 2.45) is 0 Å². The Morgan fingerprint density at radius 2 is 1.63 bits per heavy atom. The summed E-state index contributed by atoms with van der Waals surface area (Å²) < 4.78 is 11.0. The van der Waals surface area contributed by atoms with Crippen molar-refractivity contribution in [3.63, 3.8) is 0 Å². The maximum atomic E-state index is 13.4. The van der Waals surface area contributed by atoms with E-state index in [0.717, 1.165) is 11.1 Å². The molecule has 6 nitrogen and oxygen atoms in total. The number of hydrogen-bond donors (Lipinski definition) is 1. The fourth-order valence-corrected chi connectivity index (χ4v) is 4.32. The lowest BCUT2D eigenvalue weighted by Gasteiger charge is -2.27. The molecule has 0 saturated carbocycles. The SMILES string of the molecule is COc1ccc(C2/C(=C(\O)c3cccc(OC(C)C)c3)C(=O)C(=O)N2c2cccc(C)c2C)cc1. The number of aliphatic hydroxyl groups is 1. The van der Waals surface area contributed by atoms with E-state index in [1.807, 2.05) is 45.9 Å². The van der Waals surface area contributed by atoms with Gasteiger partial charge in [0.05, 0.1) is 24.8 Å². The Morgan fingerprint density at radius 3 is 2.29 bits per heavy atom. The predicted molar refractivity (Wildman–Crippen MR) is 136 cm³/mol. The van der Waals surface area contributed by atoms with Crippen LogP contribution in [0.1, 0.15) is 42.1 Å². The minimum Gasteiger partial charge on any atom is -0.507 e. The Hall–Kier alpha value is -4.06. The number of rotatable bonds is 6. The summed E-state index contributed by atoms with van der Waals surface area (Å²) in [5.41, 5.74) is 3.63. The molecule has 3 aromatic carbocycles. The summed E-state index contributed by atoms with van der Waals surface area (Å²) in [6.45, 7) is 7.69. The van der Waals surface area contributed by atoms with E-state index in [1.165, 1.54) is 4.90 Å². The van der Waals surface area contributed by atoms with Crippen LogP contribution in [-0.4, -0.2) is 30.0 Å². The van der Waals surface area contributed by atoms with E-state index in [-0.39, 0.29) is 17.4 Å². The molecule has 3 aromatic rings. The molecule has 0 spiro atoms. The number of aryl methyl sites for hydroxylation is 1. The van der Waals surface area contributed by atoms with Crippen molar-refractivity contribution >= 4 is 23.1 Å². The quantitative estimate of drug-likeness (QED) is 0.282. The molecule has 0 bridgehead atoms. The van der Waals surface area contributed by atoms with E-state index in [4.69, 9.17) is 9.47 Å². The van der Waals surface area contributed by atoms with Gasteiger partial charge in [-0.1, -0.05) is 36.4 Å². The molecule has 180 valence electrons. The number of nitrogens with zero attached hydrogens (tertiary/aromatic N) is 1. The first-order valence-electron chi connectivity index (χ1n) is 11.5. The van der Waals surface area contributed by atoms with Crippen LogP contribution in [0.3, 0.4) is 0 Å². The second-order valence-electron chi connectivity index (χ2n) is 8.86. The third-order valence-electron chi connectivity index (χ3n) is 6.19. The molecule has 1 amide bonds. The van der Waals surface area contributed by atoms with E-state index in [2.05, 4.69) is 0 Å². The predicted octanol–water partition coefficient (Wildman–Crippen LogP) is 5.73. The van der Waals surface area contributed by atoms with E-state index < -0.39 is 17.7 Å². The van der Waals surface area contributed by atoms with Crippen molar-refractivity contribution < 1.29 is 24.2 Å². The van der Waals surface area contributed by atoms with Gasteiger partial charge in [-0.2, -0.15) is 0 Å². The van der Waals surface area contributed by atoms with Crippen molar-refractivity contribution in [1.82, 2.24) is 0 Å². The number of hydrogen-bond acceptors (Lipinski definition) is 5. The average Bonchev–Trinajstić information content (AvgIpc) is 3.10. The smallest absolute Gasteiger partial charge is 0.300 e. The minimum absolute atomic E-state index is 0.0303. The maximum Gasteiger partial charge on any atom is 0.300 e. The highest BCUT2D eigenvalue weighted by Crippen LogP contribution is 2.44. The molecule has 35 heavy (non-hydrogen) atoms. The molecule has 1 aliphatic rings. The van der Waals surface area contributed by atoms with Gasteiger partial charge in [0, 0.05) is 11.3 Å². The number of methoxy groups -OCH3 is 1. The standard InChI is InChI=1S/C29H29NO5/c1-17(2)35-23-10-7-9-21(16-23)27(31)25-26(20-12-14-22(34-5)15-13-20)30(29(33)28(25)32)24-11-6-8-18(3)19(24)4/h6-17,26,31H,1-5H3/b27-25+. The fourth-order valence-electron chi connectivity index (χ4n) is 4.32. The number of ether oxygens (including phenoxy) is 2. The van der Waals surface area contributed by atoms with Gasteiger partial charge in [0.15, 0.2) is 0 Å². The highest BCUT2D eigenvalue weighted by atomic mass is 16.5. The van der Waals surface area contributed by atoms with E-state index in [9.17, 15) is 14.7 Å². The monoisotopic (exact) mass is 471 g/mol. The third kappa shape index (κ3) is 4.52. The summed E-state index contributed by atoms with van der Waals surface area (Å²) >= 11 is 0. The van der Waals surface area contributed by atoms with Crippen molar-refractivity contribution in [2.75, 3.05) is 12.0 Å². The lowest BCUT2D eigenvalue weighted by Crippen LogP contribution is -2.30. The summed E-state index contributed by atoms with van der Waals surface area (Å²) in [4.78, 5) is 28.3. The molecule has 1 unspecified atom stereocenters. The average molecular weight is 472 g/mol. The van der Waals surface area contributed by atoms with Gasteiger partial charge < -0.3 is 14.6 Å². The third-order valence-corrected chi connectivity index (χ3v) is 6.19. The van der Waals surface area contributed by atoms with Crippen molar-refractivity contribution in [3.8, 4) is 11.5 Å². The van der Waals surface area contributed by atoms with Crippen LogP contribution >= 0.6 is 0 Å². The second-order valence-corrected chi connectivity index (χ2v) is 8.86. The Morgan fingerprint density at radius 1 is 0.943 bits per heavy atom. The van der Waals surface area contributed by atoms with Gasteiger partial charge in [0.25, 0.3) is 11.7 Å². The summed E-state index contributed by atoms with van der Waals surface area (Å²) in [6, 6.07) is 18.9. The Kier molecular flexibility index (Phi) is 6.65. The van der Waals surface area contributed by atoms with Gasteiger partial charge >= 0.3 is 0 Å². The number of carbonyl (C=O) groups is 2. The van der Waals surface area contributed by atoms with E-state index in [0.29, 0.717) is 28.3 Å². The maximum absolute atomic E-state index is 13.4. The molecule has 1 aliphatic heterocycles. The van der Waals surface area contributed by atoms with Crippen LogP contribution < -0.4 is 14.4 Å². The molecule has 1 fully saturated rings. The minimum atomic E-state index is -0.809. The molecule has 1 heterocycles. The van der Waals surface area contributed by atoms with Crippen LogP contribution in [0.2, 0.25) is 0 Å². The highest BCUT2D eigenvalue weighted by Gasteiger charge is 2.47. The van der Waals surface area contributed by atoms with Gasteiger partial charge in [0.1, 0.15) is 17.3 Å². The van der Waals surface area contributed by atoms with Crippen LogP contribution in [0.5, 0.6) is 11.5 Å². The lowest BCUT2D eigenvalue weighted by molar-refractivity contribution is -0.132. The van der Waals surface area contributed by atoms with Crippen LogP contribution in [0.15, 0.2) is 72.3 Å². The summed E-state index contributed by atoms with van der Waals surface area (Å²) in [6.07, 6.45) is -0.0541. The summed E-state index contributed by atoms with van der Waals surface area (Å²) in [7, 11) is 1.57. The number of Topliss-reactive ketones (excluding diaryl/α,β-unsaturated/α-hetero) is 1. The van der Waals surface area contributed by atoms with Crippen LogP contribution in [-0.2, 0) is 9.59 Å². The van der Waals surface area contributed by atoms with Gasteiger partial charge in [-0.15, -0.1) is 0 Å². The second kappa shape index (κ2) is 9.66. The van der Waals surface area contributed by atoms with Gasteiger partial charge in [-0.3, -0.25) is 14.5 Å². The largest absolute Gasteiger partial charge is 0.507 e. The molecular formula is C29H29NO5. The van der Waals surface area contributed by atoms with Gasteiger partial charge in [-0.05, 0) is 74.7 Å². The van der Waals surface area contributed by atoms with Crippen molar-refractivity contribution in [3.05, 3.63) is 94.6 Å². The molecular weight excluding hydrogens is 442 g/mol. The number of benzene rings is 3. The fraction of sp³-hybridized carbons (Fsp3) is 0.241. The summed E-state index contributed by atoms with van der Waals surface area (Å²) in [5.74, 6) is -0.453. The normalized spacial score (nSPS) is 17.2. The van der Waals surface area contributed by atoms with Crippen LogP contribution in [0.25, 0.3) is 5.76 Å². The molecule has 1 N–H and O–H groups in total. The zero-order valence-corrected chi connectivity index (χ0v) is 20.5. The summed E-state index contributed by atoms with van der Waals surface area (Å²) in [5, 5.41) is 11.4. The molecule has 1 saturated heterocycles. The van der Waals surface area contributed by atoms with E-state index in [1.54, 1.807) is 55.6 Å². The Balaban J connectivity index is 1.93. The van der Waals surface area contributed by atoms with Crippen LogP contribution in [0, 0.1) is 13.8 Å². The first kappa shape index (κ1) is 24.1. The topological polar surface area (TPSA) is 76.1 Å². The molecule has 4 rings (SSSR count). The molecule has 0 aromatic heterocycles. The van der Waals surface area contributed by atoms with Crippen LogP contribution in [0.4, 0.5) is 5.69 Å². The van der Waals surface area contributed by atoms with Gasteiger partial charge in [-0.25, -0.2) is 0 Å². The highest BCUT2D eigenvalue weighted by molar-refractivity contribution is 6.51. The molecule has 0 radical (unpaired) electrons. The molecule has 1 atom stereocenters. The number of carbonyl (C=O) groups excluding carboxylic acids is 2. The molecule has 0 aliphatic carbocycles. The first-order chi connectivity index (χ1) is 16.7. The Bertz CT molecular complexity index is 1310. The zero-order valence-electron chi connectivity index (χ0n) is 20.5. The lowest BCUT2D eigenvalue weighted by atomic mass is 9.94. The number of aliphatic hydroxyl groups excluding tert-OH is 1. The van der Waals surface area contributed by atoms with E-state index >= 15 is 0 Å². The Labute approximate surface area is 205 Å². The first-order valence-corrected chi connectivity index (χ1v) is 11.5. The van der Waals surface area contributed by atoms with Gasteiger partial charge in [0.2, 0.25) is 0 Å². The number of anilines is 1.